The van der Waals surface area contributed by atoms with Gasteiger partial charge in [0.2, 0.25) is 0 Å². The van der Waals surface area contributed by atoms with E-state index in [0.29, 0.717) is 52.6 Å². The minimum Gasteiger partial charge on any atom is -0.488 e. The Bertz CT molecular complexity index is 1390. The molecule has 0 unspecified atom stereocenters. The average Bonchev–Trinajstić information content (AvgIpc) is 2.89. The summed E-state index contributed by atoms with van der Waals surface area (Å²) in [5.41, 5.74) is 3.55. The van der Waals surface area contributed by atoms with Gasteiger partial charge >= 0.3 is 6.03 Å². The van der Waals surface area contributed by atoms with E-state index in [9.17, 15) is 9.59 Å². The highest BCUT2D eigenvalue weighted by molar-refractivity contribution is 6.02. The molecule has 0 saturated heterocycles. The summed E-state index contributed by atoms with van der Waals surface area (Å²) < 4.78 is 12.2. The molecule has 0 fully saturated rings. The molecule has 0 aliphatic carbocycles. The third-order valence-corrected chi connectivity index (χ3v) is 5.52. The number of rotatable bonds is 8. The Morgan fingerprint density at radius 1 is 0.972 bits per heavy atom. The predicted octanol–water partition coefficient (Wildman–Crippen LogP) is 5.42. The Morgan fingerprint density at radius 2 is 1.78 bits per heavy atom. The third-order valence-electron chi connectivity index (χ3n) is 5.52. The highest BCUT2D eigenvalue weighted by Gasteiger charge is 2.17. The molecule has 1 aromatic heterocycles. The molecule has 184 valence electrons. The molecule has 0 aliphatic heterocycles. The van der Waals surface area contributed by atoms with Gasteiger partial charge in [0, 0.05) is 36.9 Å². The van der Waals surface area contributed by atoms with Crippen LogP contribution in [0, 0.1) is 6.92 Å². The Labute approximate surface area is 209 Å². The molecule has 4 aromatic rings. The van der Waals surface area contributed by atoms with Crippen molar-refractivity contribution in [3.8, 4) is 17.2 Å². The van der Waals surface area contributed by atoms with Crippen molar-refractivity contribution in [2.75, 3.05) is 18.9 Å². The van der Waals surface area contributed by atoms with E-state index in [4.69, 9.17) is 9.47 Å². The van der Waals surface area contributed by atoms with Crippen LogP contribution in [-0.2, 0) is 6.61 Å². The quantitative estimate of drug-likeness (QED) is 0.310. The SMILES string of the molecule is CCNC(=O)Nc1ccc(Oc2ccnc3cc(OCc4ccccc4)c(C(=O)NC)cc23)cc1C. The molecule has 0 saturated carbocycles. The second-order valence-electron chi connectivity index (χ2n) is 8.09. The summed E-state index contributed by atoms with van der Waals surface area (Å²) in [6, 6.07) is 20.1. The van der Waals surface area contributed by atoms with Gasteiger partial charge in [0.05, 0.1) is 11.1 Å². The zero-order valence-corrected chi connectivity index (χ0v) is 20.4. The van der Waals surface area contributed by atoms with Crippen LogP contribution in [0.15, 0.2) is 72.9 Å². The number of carbonyl (C=O) groups excluding carboxylic acids is 2. The Hall–Kier alpha value is -4.59. The van der Waals surface area contributed by atoms with Crippen molar-refractivity contribution in [1.82, 2.24) is 15.6 Å². The molecule has 0 aliphatic rings. The minimum atomic E-state index is -0.272. The van der Waals surface area contributed by atoms with E-state index in [1.54, 1.807) is 43.6 Å². The van der Waals surface area contributed by atoms with Crippen molar-refractivity contribution in [1.29, 1.82) is 0 Å². The van der Waals surface area contributed by atoms with E-state index >= 15 is 0 Å². The van der Waals surface area contributed by atoms with E-state index in [1.165, 1.54) is 0 Å². The number of hydrogen-bond donors (Lipinski definition) is 3. The van der Waals surface area contributed by atoms with E-state index < -0.39 is 0 Å². The number of nitrogens with zero attached hydrogens (tertiary/aromatic N) is 1. The van der Waals surface area contributed by atoms with E-state index in [1.807, 2.05) is 50.2 Å². The monoisotopic (exact) mass is 484 g/mol. The number of ether oxygens (including phenoxy) is 2. The van der Waals surface area contributed by atoms with Gasteiger partial charge in [-0.3, -0.25) is 9.78 Å². The van der Waals surface area contributed by atoms with Gasteiger partial charge < -0.3 is 25.4 Å². The lowest BCUT2D eigenvalue weighted by Gasteiger charge is -2.15. The normalized spacial score (nSPS) is 10.5. The maximum atomic E-state index is 12.7. The molecule has 3 amide bonds. The molecule has 0 spiro atoms. The summed E-state index contributed by atoms with van der Waals surface area (Å²) in [6.07, 6.45) is 1.65. The lowest BCUT2D eigenvalue weighted by molar-refractivity contribution is 0.0958. The van der Waals surface area contributed by atoms with Crippen LogP contribution in [0.5, 0.6) is 17.2 Å². The Balaban J connectivity index is 1.63. The van der Waals surface area contributed by atoms with E-state index in [-0.39, 0.29) is 11.9 Å². The predicted molar refractivity (Wildman–Crippen MR) is 140 cm³/mol. The lowest BCUT2D eigenvalue weighted by atomic mass is 10.1. The zero-order valence-electron chi connectivity index (χ0n) is 20.4. The number of carbonyl (C=O) groups is 2. The first kappa shape index (κ1) is 24.5. The van der Waals surface area contributed by atoms with Gasteiger partial charge in [-0.2, -0.15) is 0 Å². The maximum absolute atomic E-state index is 12.7. The number of urea groups is 1. The van der Waals surface area contributed by atoms with Crippen molar-refractivity contribution in [2.45, 2.75) is 20.5 Å². The smallest absolute Gasteiger partial charge is 0.319 e. The van der Waals surface area contributed by atoms with Crippen LogP contribution in [-0.4, -0.2) is 30.5 Å². The number of nitrogens with one attached hydrogen (secondary N) is 3. The molecular formula is C28H28N4O4. The molecule has 3 N–H and O–H groups in total. The first-order chi connectivity index (χ1) is 17.5. The summed E-state index contributed by atoms with van der Waals surface area (Å²) in [5, 5.41) is 8.86. The largest absolute Gasteiger partial charge is 0.488 e. The van der Waals surface area contributed by atoms with Crippen molar-refractivity contribution in [3.05, 3.63) is 89.6 Å². The number of fused-ring (bicyclic) bond motifs is 1. The van der Waals surface area contributed by atoms with Crippen LogP contribution >= 0.6 is 0 Å². The molecule has 0 bridgehead atoms. The van der Waals surface area contributed by atoms with Crippen LogP contribution in [0.3, 0.4) is 0 Å². The number of pyridine rings is 1. The van der Waals surface area contributed by atoms with Gasteiger partial charge in [0.25, 0.3) is 5.91 Å². The second-order valence-corrected chi connectivity index (χ2v) is 8.09. The highest BCUT2D eigenvalue weighted by Crippen LogP contribution is 2.34. The molecule has 3 aromatic carbocycles. The summed E-state index contributed by atoms with van der Waals surface area (Å²) in [6.45, 7) is 4.61. The Kier molecular flexibility index (Phi) is 7.65. The summed E-state index contributed by atoms with van der Waals surface area (Å²) in [5.74, 6) is 1.30. The van der Waals surface area contributed by atoms with Gasteiger partial charge in [-0.1, -0.05) is 30.3 Å². The molecule has 8 heteroatoms. The molecule has 1 heterocycles. The summed E-state index contributed by atoms with van der Waals surface area (Å²) in [7, 11) is 1.58. The van der Waals surface area contributed by atoms with Gasteiger partial charge in [-0.15, -0.1) is 0 Å². The first-order valence-electron chi connectivity index (χ1n) is 11.6. The molecule has 8 nitrogen and oxygen atoms in total. The molecule has 36 heavy (non-hydrogen) atoms. The number of aryl methyl sites for hydroxylation is 1. The van der Waals surface area contributed by atoms with Crippen molar-refractivity contribution >= 4 is 28.5 Å². The highest BCUT2D eigenvalue weighted by atomic mass is 16.5. The van der Waals surface area contributed by atoms with Crippen LogP contribution in [0.4, 0.5) is 10.5 Å². The standard InChI is InChI=1S/C28H28N4O4/c1-4-30-28(34)32-23-11-10-20(14-18(23)2)36-25-12-13-31-24-16-26(22(15-21(24)25)27(33)29-3)35-17-19-8-6-5-7-9-19/h5-16H,4,17H2,1-3H3,(H,29,33)(H2,30,32,34). The van der Waals surface area contributed by atoms with Gasteiger partial charge in [0.15, 0.2) is 0 Å². The molecular weight excluding hydrogens is 456 g/mol. The van der Waals surface area contributed by atoms with Gasteiger partial charge in [-0.05, 0) is 55.3 Å². The van der Waals surface area contributed by atoms with Gasteiger partial charge in [0.1, 0.15) is 23.9 Å². The lowest BCUT2D eigenvalue weighted by Crippen LogP contribution is -2.28. The van der Waals surface area contributed by atoms with Crippen molar-refractivity contribution < 1.29 is 19.1 Å². The number of hydrogen-bond acceptors (Lipinski definition) is 5. The fourth-order valence-electron chi connectivity index (χ4n) is 3.70. The third kappa shape index (κ3) is 5.72. The number of amides is 3. The molecule has 4 rings (SSSR count). The molecule has 0 atom stereocenters. The van der Waals surface area contributed by atoms with Crippen LogP contribution < -0.4 is 25.4 Å². The van der Waals surface area contributed by atoms with E-state index in [2.05, 4.69) is 20.9 Å². The van der Waals surface area contributed by atoms with Gasteiger partial charge in [-0.25, -0.2) is 4.79 Å². The summed E-state index contributed by atoms with van der Waals surface area (Å²) in [4.78, 5) is 29.0. The first-order valence-corrected chi connectivity index (χ1v) is 11.6. The van der Waals surface area contributed by atoms with Crippen molar-refractivity contribution in [3.63, 3.8) is 0 Å². The fraction of sp³-hybridized carbons (Fsp3) is 0.179. The maximum Gasteiger partial charge on any atom is 0.319 e. The fourth-order valence-corrected chi connectivity index (χ4v) is 3.70. The molecule has 0 radical (unpaired) electrons. The zero-order chi connectivity index (χ0) is 25.5. The van der Waals surface area contributed by atoms with E-state index in [0.717, 1.165) is 11.1 Å². The second kappa shape index (κ2) is 11.2. The topological polar surface area (TPSA) is 102 Å². The van der Waals surface area contributed by atoms with Crippen LogP contribution in [0.2, 0.25) is 0 Å². The average molecular weight is 485 g/mol. The number of anilines is 1. The van der Waals surface area contributed by atoms with Crippen molar-refractivity contribution in [2.24, 2.45) is 0 Å². The van der Waals surface area contributed by atoms with Crippen LogP contribution in [0.25, 0.3) is 10.9 Å². The summed E-state index contributed by atoms with van der Waals surface area (Å²) >= 11 is 0. The number of benzene rings is 3. The van der Waals surface area contributed by atoms with Crippen LogP contribution in [0.1, 0.15) is 28.4 Å². The minimum absolute atomic E-state index is 0.263. The Morgan fingerprint density at radius 3 is 2.50 bits per heavy atom. The number of aromatic nitrogens is 1.